The monoisotopic (exact) mass is 238 g/mol. The topological polar surface area (TPSA) is 55.1 Å². The number of halogens is 2. The average molecular weight is 238 g/mol. The number of aromatic carboxylic acids is 1. The van der Waals surface area contributed by atoms with Gasteiger partial charge in [0.05, 0.1) is 5.69 Å². The van der Waals surface area contributed by atoms with Crippen molar-refractivity contribution in [3.63, 3.8) is 0 Å². The lowest BCUT2D eigenvalue weighted by molar-refractivity contribution is 0.0687. The first-order valence-electron chi connectivity index (χ1n) is 4.75. The molecule has 0 aliphatic heterocycles. The normalized spacial score (nSPS) is 10.5. The zero-order chi connectivity index (χ0) is 12.6. The molecule has 1 N–H and O–H groups in total. The molecule has 1 heterocycles. The number of rotatable bonds is 2. The van der Waals surface area contributed by atoms with Crippen molar-refractivity contribution in [1.82, 2.24) is 9.78 Å². The Hall–Kier alpha value is -2.24. The van der Waals surface area contributed by atoms with Gasteiger partial charge in [-0.15, -0.1) is 0 Å². The van der Waals surface area contributed by atoms with E-state index in [4.69, 9.17) is 5.11 Å². The molecule has 0 spiro atoms. The molecule has 0 fully saturated rings. The molecule has 1 aromatic carbocycles. The van der Waals surface area contributed by atoms with Gasteiger partial charge in [-0.25, -0.2) is 18.3 Å². The van der Waals surface area contributed by atoms with Crippen LogP contribution in [0.1, 0.15) is 16.2 Å². The predicted octanol–water partition coefficient (Wildman–Crippen LogP) is 2.16. The van der Waals surface area contributed by atoms with Crippen molar-refractivity contribution in [3.8, 4) is 5.69 Å². The molecule has 0 amide bonds. The Balaban J connectivity index is 2.72. The molecule has 4 nitrogen and oxygen atoms in total. The number of benzene rings is 1. The van der Waals surface area contributed by atoms with E-state index in [2.05, 4.69) is 5.10 Å². The molecule has 0 aliphatic rings. The molecule has 0 saturated heterocycles. The van der Waals surface area contributed by atoms with E-state index in [9.17, 15) is 13.6 Å². The summed E-state index contributed by atoms with van der Waals surface area (Å²) in [5.41, 5.74) is -0.408. The Morgan fingerprint density at radius 1 is 1.35 bits per heavy atom. The summed E-state index contributed by atoms with van der Waals surface area (Å²) in [4.78, 5) is 10.9. The van der Waals surface area contributed by atoms with Crippen molar-refractivity contribution in [2.75, 3.05) is 0 Å². The van der Waals surface area contributed by atoms with Gasteiger partial charge in [-0.3, -0.25) is 0 Å². The summed E-state index contributed by atoms with van der Waals surface area (Å²) in [5, 5.41) is 12.7. The minimum absolute atomic E-state index is 0.286. The SMILES string of the molecule is Cc1cc(C(=O)O)n(-c2c(F)cccc2F)n1. The van der Waals surface area contributed by atoms with Gasteiger partial charge in [0, 0.05) is 0 Å². The van der Waals surface area contributed by atoms with Crippen molar-refractivity contribution in [1.29, 1.82) is 0 Å². The number of carboxylic acid groups (broad SMARTS) is 1. The maximum atomic E-state index is 13.5. The van der Waals surface area contributed by atoms with Gasteiger partial charge in [0.2, 0.25) is 0 Å². The summed E-state index contributed by atoms with van der Waals surface area (Å²) in [6, 6.07) is 4.53. The molecule has 0 aliphatic carbocycles. The number of para-hydroxylation sites is 1. The van der Waals surface area contributed by atoms with Gasteiger partial charge in [-0.05, 0) is 25.1 Å². The Bertz CT molecular complexity index is 573. The second kappa shape index (κ2) is 3.97. The first kappa shape index (κ1) is 11.3. The maximum Gasteiger partial charge on any atom is 0.354 e. The highest BCUT2D eigenvalue weighted by molar-refractivity contribution is 5.86. The number of aromatic nitrogens is 2. The Labute approximate surface area is 95.1 Å². The molecule has 17 heavy (non-hydrogen) atoms. The average Bonchev–Trinajstić information content (AvgIpc) is 2.60. The molecule has 0 atom stereocenters. The Morgan fingerprint density at radius 3 is 2.47 bits per heavy atom. The van der Waals surface area contributed by atoms with Crippen LogP contribution in [0.15, 0.2) is 24.3 Å². The van der Waals surface area contributed by atoms with Crippen LogP contribution in [0.3, 0.4) is 0 Å². The molecule has 6 heteroatoms. The van der Waals surface area contributed by atoms with E-state index in [0.29, 0.717) is 5.69 Å². The smallest absolute Gasteiger partial charge is 0.354 e. The number of carboxylic acids is 1. The van der Waals surface area contributed by atoms with Gasteiger partial charge in [-0.1, -0.05) is 6.07 Å². The third-order valence-electron chi connectivity index (χ3n) is 2.20. The Kier molecular flexibility index (Phi) is 2.63. The van der Waals surface area contributed by atoms with Gasteiger partial charge >= 0.3 is 5.97 Å². The fourth-order valence-corrected chi connectivity index (χ4v) is 1.51. The van der Waals surface area contributed by atoms with Crippen molar-refractivity contribution in [2.24, 2.45) is 0 Å². The van der Waals surface area contributed by atoms with Gasteiger partial charge in [0.15, 0.2) is 17.3 Å². The molecule has 0 radical (unpaired) electrons. The quantitative estimate of drug-likeness (QED) is 0.872. The molecular weight excluding hydrogens is 230 g/mol. The highest BCUT2D eigenvalue weighted by Crippen LogP contribution is 2.19. The largest absolute Gasteiger partial charge is 0.477 e. The first-order valence-corrected chi connectivity index (χ1v) is 4.75. The summed E-state index contributed by atoms with van der Waals surface area (Å²) in [6.07, 6.45) is 0. The van der Waals surface area contributed by atoms with Crippen LogP contribution < -0.4 is 0 Å². The zero-order valence-corrected chi connectivity index (χ0v) is 8.82. The Morgan fingerprint density at radius 2 is 1.94 bits per heavy atom. The number of aryl methyl sites for hydroxylation is 1. The van der Waals surface area contributed by atoms with Crippen LogP contribution in [0.4, 0.5) is 8.78 Å². The van der Waals surface area contributed by atoms with Crippen LogP contribution in [0, 0.1) is 18.6 Å². The minimum atomic E-state index is -1.30. The lowest BCUT2D eigenvalue weighted by Crippen LogP contribution is -2.11. The first-order chi connectivity index (χ1) is 8.00. The highest BCUT2D eigenvalue weighted by Gasteiger charge is 2.19. The lowest BCUT2D eigenvalue weighted by Gasteiger charge is -2.06. The minimum Gasteiger partial charge on any atom is -0.477 e. The molecule has 88 valence electrons. The molecule has 1 aromatic heterocycles. The van der Waals surface area contributed by atoms with Gasteiger partial charge < -0.3 is 5.11 Å². The van der Waals surface area contributed by atoms with Crippen LogP contribution in [0.25, 0.3) is 5.69 Å². The van der Waals surface area contributed by atoms with E-state index in [0.717, 1.165) is 16.8 Å². The summed E-state index contributed by atoms with van der Waals surface area (Å²) >= 11 is 0. The fourth-order valence-electron chi connectivity index (χ4n) is 1.51. The molecule has 0 unspecified atom stereocenters. The van der Waals surface area contributed by atoms with Crippen molar-refractivity contribution in [3.05, 3.63) is 47.3 Å². The van der Waals surface area contributed by atoms with Crippen molar-refractivity contribution < 1.29 is 18.7 Å². The number of carbonyl (C=O) groups is 1. The zero-order valence-electron chi connectivity index (χ0n) is 8.82. The molecular formula is C11H8F2N2O2. The highest BCUT2D eigenvalue weighted by atomic mass is 19.1. The second-order valence-electron chi connectivity index (χ2n) is 3.46. The lowest BCUT2D eigenvalue weighted by atomic mass is 10.3. The third-order valence-corrected chi connectivity index (χ3v) is 2.20. The van der Waals surface area contributed by atoms with E-state index < -0.39 is 23.3 Å². The number of hydrogen-bond donors (Lipinski definition) is 1. The van der Waals surface area contributed by atoms with Gasteiger partial charge in [-0.2, -0.15) is 5.10 Å². The van der Waals surface area contributed by atoms with E-state index in [1.807, 2.05) is 0 Å². The molecule has 2 aromatic rings. The van der Waals surface area contributed by atoms with E-state index in [-0.39, 0.29) is 5.69 Å². The second-order valence-corrected chi connectivity index (χ2v) is 3.46. The number of hydrogen-bond acceptors (Lipinski definition) is 2. The van der Waals surface area contributed by atoms with Crippen molar-refractivity contribution in [2.45, 2.75) is 6.92 Å². The van der Waals surface area contributed by atoms with Gasteiger partial charge in [0.1, 0.15) is 5.69 Å². The molecule has 2 rings (SSSR count). The third kappa shape index (κ3) is 1.89. The summed E-state index contributed by atoms with van der Waals surface area (Å²) < 4.78 is 27.7. The molecule has 0 bridgehead atoms. The summed E-state index contributed by atoms with van der Waals surface area (Å²) in [6.45, 7) is 1.54. The standard InChI is InChI=1S/C11H8F2N2O2/c1-6-5-9(11(16)17)15(14-6)10-7(12)3-2-4-8(10)13/h2-5H,1H3,(H,16,17). The van der Waals surface area contributed by atoms with Crippen LogP contribution in [0.2, 0.25) is 0 Å². The van der Waals surface area contributed by atoms with Crippen molar-refractivity contribution >= 4 is 5.97 Å². The predicted molar refractivity (Wildman–Crippen MR) is 55.2 cm³/mol. The van der Waals surface area contributed by atoms with Crippen LogP contribution in [-0.2, 0) is 0 Å². The fraction of sp³-hybridized carbons (Fsp3) is 0.0909. The summed E-state index contributed by atoms with van der Waals surface area (Å²) in [5.74, 6) is -3.03. The van der Waals surface area contributed by atoms with Crippen LogP contribution >= 0.6 is 0 Å². The van der Waals surface area contributed by atoms with Crippen LogP contribution in [-0.4, -0.2) is 20.9 Å². The van der Waals surface area contributed by atoms with Crippen LogP contribution in [0.5, 0.6) is 0 Å². The van der Waals surface area contributed by atoms with E-state index in [1.165, 1.54) is 12.1 Å². The maximum absolute atomic E-state index is 13.5. The number of nitrogens with zero attached hydrogens (tertiary/aromatic N) is 2. The van der Waals surface area contributed by atoms with E-state index >= 15 is 0 Å². The van der Waals surface area contributed by atoms with E-state index in [1.54, 1.807) is 6.92 Å². The van der Waals surface area contributed by atoms with Gasteiger partial charge in [0.25, 0.3) is 0 Å². The molecule has 0 saturated carbocycles. The summed E-state index contributed by atoms with van der Waals surface area (Å²) in [7, 11) is 0.